The minimum atomic E-state index is -4.46. The Morgan fingerprint density at radius 1 is 0.684 bits per heavy atom. The SMILES string of the molecule is CCOC(=O)C12C(c3ccccc3OP1(=O)OCC)C1(C(=O)OCC)C2c2ccccc2OP1(=O)OCC. The van der Waals surface area contributed by atoms with Crippen LogP contribution in [0.25, 0.3) is 0 Å². The Hall–Kier alpha value is -2.64. The number of esters is 2. The zero-order valence-corrected chi connectivity index (χ0v) is 23.4. The van der Waals surface area contributed by atoms with Crippen LogP contribution in [0.15, 0.2) is 48.5 Å². The van der Waals surface area contributed by atoms with Gasteiger partial charge in [-0.25, -0.2) is 9.13 Å². The smallest absolute Gasteiger partial charge is 0.397 e. The van der Waals surface area contributed by atoms with Crippen molar-refractivity contribution in [3.8, 4) is 11.5 Å². The highest BCUT2D eigenvalue weighted by Gasteiger charge is 2.95. The van der Waals surface area contributed by atoms with Crippen molar-refractivity contribution in [1.82, 2.24) is 0 Å². The predicted molar refractivity (Wildman–Crippen MR) is 137 cm³/mol. The van der Waals surface area contributed by atoms with E-state index in [-0.39, 0.29) is 37.9 Å². The van der Waals surface area contributed by atoms with Crippen LogP contribution in [0, 0.1) is 0 Å². The Labute approximate surface area is 221 Å². The van der Waals surface area contributed by atoms with E-state index in [1.54, 1.807) is 76.2 Å². The average molecular weight is 564 g/mol. The Bertz CT molecular complexity index is 1260. The minimum Gasteiger partial charge on any atom is -0.465 e. The number of carbonyl (C=O) groups excluding carboxylic acids is 2. The molecule has 2 aromatic carbocycles. The third kappa shape index (κ3) is 3.15. The summed E-state index contributed by atoms with van der Waals surface area (Å²) in [6.07, 6.45) is 0. The first-order chi connectivity index (χ1) is 18.2. The molecule has 12 heteroatoms. The zero-order chi connectivity index (χ0) is 27.3. The van der Waals surface area contributed by atoms with E-state index in [1.165, 1.54) is 0 Å². The minimum absolute atomic E-state index is 0.0402. The Morgan fingerprint density at radius 3 is 1.39 bits per heavy atom. The van der Waals surface area contributed by atoms with Crippen LogP contribution in [-0.4, -0.2) is 48.7 Å². The highest BCUT2D eigenvalue weighted by atomic mass is 31.2. The van der Waals surface area contributed by atoms with Gasteiger partial charge in [-0.3, -0.25) is 18.6 Å². The molecule has 0 amide bonds. The molecule has 2 aliphatic heterocycles. The van der Waals surface area contributed by atoms with Gasteiger partial charge >= 0.3 is 27.1 Å². The molecule has 0 aromatic heterocycles. The maximum atomic E-state index is 14.9. The van der Waals surface area contributed by atoms with E-state index in [1.807, 2.05) is 0 Å². The zero-order valence-electron chi connectivity index (χ0n) is 21.6. The summed E-state index contributed by atoms with van der Waals surface area (Å²) >= 11 is 0. The lowest BCUT2D eigenvalue weighted by atomic mass is 9.50. The number of para-hydroxylation sites is 2. The number of fused-ring (bicyclic) bond motifs is 8. The first-order valence-electron chi connectivity index (χ1n) is 12.6. The van der Waals surface area contributed by atoms with E-state index in [0.29, 0.717) is 11.1 Å². The van der Waals surface area contributed by atoms with Gasteiger partial charge < -0.3 is 18.5 Å². The van der Waals surface area contributed by atoms with Crippen molar-refractivity contribution in [2.45, 2.75) is 49.8 Å². The standard InChI is InChI=1S/C26H30O10P2/c1-5-31-23(27)25-21(17-13-9-11-15-19(17)35-37(25,29)33-7-3)26(24(28)32-6-2)22(25)18-14-10-12-16-20(18)36-38(26,30)34-8-4/h9-16,21-22H,5-8H2,1-4H3. The van der Waals surface area contributed by atoms with Crippen LogP contribution in [-0.2, 0) is 37.2 Å². The summed E-state index contributed by atoms with van der Waals surface area (Å²) in [5, 5.41) is -4.15. The highest BCUT2D eigenvalue weighted by Crippen LogP contribution is 2.92. The second-order valence-corrected chi connectivity index (χ2v) is 13.4. The van der Waals surface area contributed by atoms with Crippen molar-refractivity contribution in [2.75, 3.05) is 26.4 Å². The number of ether oxygens (including phenoxy) is 2. The van der Waals surface area contributed by atoms with E-state index in [0.717, 1.165) is 0 Å². The lowest BCUT2D eigenvalue weighted by Gasteiger charge is -2.68. The van der Waals surface area contributed by atoms with Gasteiger partial charge in [0.2, 0.25) is 0 Å². The van der Waals surface area contributed by atoms with Gasteiger partial charge in [0.05, 0.1) is 26.4 Å². The summed E-state index contributed by atoms with van der Waals surface area (Å²) in [6.45, 7) is 6.28. The molecule has 10 nitrogen and oxygen atoms in total. The second kappa shape index (κ2) is 9.53. The van der Waals surface area contributed by atoms with Crippen molar-refractivity contribution in [1.29, 1.82) is 0 Å². The van der Waals surface area contributed by atoms with E-state index in [2.05, 4.69) is 0 Å². The quantitative estimate of drug-likeness (QED) is 0.303. The Balaban J connectivity index is 1.97. The number of hydrogen-bond acceptors (Lipinski definition) is 10. The van der Waals surface area contributed by atoms with Crippen molar-refractivity contribution in [3.63, 3.8) is 0 Å². The summed E-state index contributed by atoms with van der Waals surface area (Å²) in [4.78, 5) is 28.3. The molecule has 204 valence electrons. The van der Waals surface area contributed by atoms with E-state index >= 15 is 0 Å². The Morgan fingerprint density at radius 2 is 1.05 bits per heavy atom. The molecular formula is C26H30O10P2. The largest absolute Gasteiger partial charge is 0.465 e. The maximum Gasteiger partial charge on any atom is 0.397 e. The van der Waals surface area contributed by atoms with E-state index in [4.69, 9.17) is 27.6 Å². The molecule has 1 fully saturated rings. The second-order valence-electron chi connectivity index (χ2n) is 9.05. The normalized spacial score (nSPS) is 34.1. The van der Waals surface area contributed by atoms with Crippen LogP contribution in [0.4, 0.5) is 0 Å². The van der Waals surface area contributed by atoms with Crippen LogP contribution in [0.5, 0.6) is 11.5 Å². The van der Waals surface area contributed by atoms with Crippen molar-refractivity contribution in [3.05, 3.63) is 59.7 Å². The summed E-state index contributed by atoms with van der Waals surface area (Å²) in [5.74, 6) is -4.16. The van der Waals surface area contributed by atoms with Crippen LogP contribution < -0.4 is 9.05 Å². The predicted octanol–water partition coefficient (Wildman–Crippen LogP) is 5.42. The fourth-order valence-electron chi connectivity index (χ4n) is 6.30. The molecule has 2 unspecified atom stereocenters. The van der Waals surface area contributed by atoms with Gasteiger partial charge in [0, 0.05) is 23.0 Å². The summed E-state index contributed by atoms with van der Waals surface area (Å²) in [6, 6.07) is 13.1. The maximum absolute atomic E-state index is 14.9. The molecule has 2 atom stereocenters. The van der Waals surface area contributed by atoms with Crippen molar-refractivity contribution < 1.29 is 46.3 Å². The van der Waals surface area contributed by atoms with Crippen molar-refractivity contribution in [2.24, 2.45) is 0 Å². The number of hydrogen-bond donors (Lipinski definition) is 0. The van der Waals surface area contributed by atoms with Gasteiger partial charge in [-0.15, -0.1) is 0 Å². The molecule has 3 aliphatic rings. The number of benzene rings is 2. The molecule has 2 aromatic rings. The fraction of sp³-hybridized carbons (Fsp3) is 0.462. The van der Waals surface area contributed by atoms with E-state index in [9.17, 15) is 18.7 Å². The van der Waals surface area contributed by atoms with Crippen LogP contribution in [0.3, 0.4) is 0 Å². The summed E-state index contributed by atoms with van der Waals surface area (Å²) in [7, 11) is -8.92. The van der Waals surface area contributed by atoms with Gasteiger partial charge in [-0.1, -0.05) is 36.4 Å². The van der Waals surface area contributed by atoms with E-state index < -0.39 is 49.3 Å². The molecule has 0 spiro atoms. The molecule has 0 N–H and O–H groups in total. The van der Waals surface area contributed by atoms with Gasteiger partial charge in [0.25, 0.3) is 0 Å². The number of rotatable bonds is 8. The summed E-state index contributed by atoms with van der Waals surface area (Å²) < 4.78 is 64.7. The molecule has 5 rings (SSSR count). The lowest BCUT2D eigenvalue weighted by molar-refractivity contribution is -0.164. The molecule has 0 radical (unpaired) electrons. The molecule has 1 saturated carbocycles. The third-order valence-electron chi connectivity index (χ3n) is 7.37. The van der Waals surface area contributed by atoms with Crippen LogP contribution in [0.2, 0.25) is 0 Å². The van der Waals surface area contributed by atoms with Crippen molar-refractivity contribution >= 4 is 27.1 Å². The molecule has 38 heavy (non-hydrogen) atoms. The average Bonchev–Trinajstić information content (AvgIpc) is 2.85. The Kier molecular flexibility index (Phi) is 6.75. The molecule has 0 saturated heterocycles. The van der Waals surface area contributed by atoms with Crippen LogP contribution in [0.1, 0.15) is 50.7 Å². The third-order valence-corrected chi connectivity index (χ3v) is 12.6. The fourth-order valence-corrected chi connectivity index (χ4v) is 12.1. The monoisotopic (exact) mass is 564 g/mol. The highest BCUT2D eigenvalue weighted by molar-refractivity contribution is 7.60. The van der Waals surface area contributed by atoms with Gasteiger partial charge in [0.15, 0.2) is 10.3 Å². The van der Waals surface area contributed by atoms with Gasteiger partial charge in [-0.2, -0.15) is 0 Å². The molecule has 0 bridgehead atoms. The molecular weight excluding hydrogens is 534 g/mol. The lowest BCUT2D eigenvalue weighted by Crippen LogP contribution is -2.78. The molecule has 2 heterocycles. The summed E-state index contributed by atoms with van der Waals surface area (Å²) in [5.41, 5.74) is 0.665. The molecule has 1 aliphatic carbocycles. The number of carbonyl (C=O) groups is 2. The topological polar surface area (TPSA) is 124 Å². The van der Waals surface area contributed by atoms with Gasteiger partial charge in [0.1, 0.15) is 11.5 Å². The first kappa shape index (κ1) is 26.9. The first-order valence-corrected chi connectivity index (χ1v) is 15.7. The van der Waals surface area contributed by atoms with Gasteiger partial charge in [-0.05, 0) is 39.8 Å². The van der Waals surface area contributed by atoms with Crippen LogP contribution >= 0.6 is 15.2 Å².